The van der Waals surface area contributed by atoms with E-state index in [0.29, 0.717) is 6.04 Å². The Hall–Kier alpha value is -0.860. The summed E-state index contributed by atoms with van der Waals surface area (Å²) in [6.07, 6.45) is 5.31. The fraction of sp³-hybridized carbons (Fsp3) is 0.667. The Labute approximate surface area is 124 Å². The van der Waals surface area contributed by atoms with Crippen LogP contribution in [0.15, 0.2) is 30.3 Å². The van der Waals surface area contributed by atoms with Crippen LogP contribution in [0.5, 0.6) is 0 Å². The zero-order valence-corrected chi connectivity index (χ0v) is 13.1. The molecule has 0 aromatic heterocycles. The highest BCUT2D eigenvalue weighted by molar-refractivity contribution is 5.19. The van der Waals surface area contributed by atoms with Gasteiger partial charge in [-0.05, 0) is 43.8 Å². The van der Waals surface area contributed by atoms with Crippen LogP contribution < -0.4 is 5.32 Å². The number of nitrogens with zero attached hydrogens (tertiary/aromatic N) is 1. The van der Waals surface area contributed by atoms with Gasteiger partial charge in [-0.25, -0.2) is 0 Å². The van der Waals surface area contributed by atoms with Gasteiger partial charge in [0.15, 0.2) is 0 Å². The first-order chi connectivity index (χ1) is 9.83. The van der Waals surface area contributed by atoms with Crippen LogP contribution in [0.25, 0.3) is 0 Å². The first-order valence-corrected chi connectivity index (χ1v) is 8.34. The minimum atomic E-state index is 0.483. The molecule has 1 fully saturated rings. The molecule has 1 aliphatic heterocycles. The van der Waals surface area contributed by atoms with Crippen LogP contribution in [-0.2, 0) is 0 Å². The summed E-state index contributed by atoms with van der Waals surface area (Å²) < 4.78 is 0. The Morgan fingerprint density at radius 1 is 1.20 bits per heavy atom. The van der Waals surface area contributed by atoms with Crippen LogP contribution in [0.3, 0.4) is 0 Å². The Morgan fingerprint density at radius 3 is 2.70 bits per heavy atom. The smallest absolute Gasteiger partial charge is 0.0449 e. The summed E-state index contributed by atoms with van der Waals surface area (Å²) in [4.78, 5) is 2.65. The molecule has 1 aromatic rings. The average molecular weight is 274 g/mol. The van der Waals surface area contributed by atoms with E-state index in [9.17, 15) is 0 Å². The van der Waals surface area contributed by atoms with Crippen molar-refractivity contribution in [3.8, 4) is 0 Å². The zero-order valence-electron chi connectivity index (χ0n) is 13.1. The second-order valence-electron chi connectivity index (χ2n) is 6.12. The maximum atomic E-state index is 3.72. The van der Waals surface area contributed by atoms with Gasteiger partial charge in [-0.3, -0.25) is 0 Å². The fourth-order valence-electron chi connectivity index (χ4n) is 3.27. The van der Waals surface area contributed by atoms with Crippen LogP contribution in [0, 0.1) is 5.92 Å². The normalized spacial score (nSPS) is 21.2. The molecule has 20 heavy (non-hydrogen) atoms. The SMILES string of the molecule is CCCNC(CN1CCC(CCC)C1)c1ccccc1. The van der Waals surface area contributed by atoms with Gasteiger partial charge in [0.05, 0.1) is 0 Å². The minimum Gasteiger partial charge on any atom is -0.309 e. The third-order valence-electron chi connectivity index (χ3n) is 4.35. The van der Waals surface area contributed by atoms with E-state index in [2.05, 4.69) is 54.4 Å². The summed E-state index contributed by atoms with van der Waals surface area (Å²) in [5.41, 5.74) is 1.43. The van der Waals surface area contributed by atoms with Crippen molar-refractivity contribution in [2.24, 2.45) is 5.92 Å². The molecular weight excluding hydrogens is 244 g/mol. The summed E-state index contributed by atoms with van der Waals surface area (Å²) >= 11 is 0. The van der Waals surface area contributed by atoms with Gasteiger partial charge in [0.25, 0.3) is 0 Å². The fourth-order valence-corrected chi connectivity index (χ4v) is 3.27. The lowest BCUT2D eigenvalue weighted by Crippen LogP contribution is -2.34. The minimum absolute atomic E-state index is 0.483. The molecule has 2 nitrogen and oxygen atoms in total. The van der Waals surface area contributed by atoms with Gasteiger partial charge in [-0.2, -0.15) is 0 Å². The van der Waals surface area contributed by atoms with Crippen LogP contribution >= 0.6 is 0 Å². The number of benzene rings is 1. The molecule has 0 bridgehead atoms. The first kappa shape index (κ1) is 15.5. The highest BCUT2D eigenvalue weighted by Crippen LogP contribution is 2.23. The summed E-state index contributed by atoms with van der Waals surface area (Å²) in [6.45, 7) is 9.38. The molecule has 0 amide bonds. The van der Waals surface area contributed by atoms with Crippen LogP contribution in [0.2, 0.25) is 0 Å². The molecule has 0 saturated carbocycles. The summed E-state index contributed by atoms with van der Waals surface area (Å²) in [5.74, 6) is 0.933. The van der Waals surface area contributed by atoms with Crippen LogP contribution in [-0.4, -0.2) is 31.1 Å². The van der Waals surface area contributed by atoms with Gasteiger partial charge >= 0.3 is 0 Å². The van der Waals surface area contributed by atoms with Gasteiger partial charge in [0.1, 0.15) is 0 Å². The predicted molar refractivity (Wildman–Crippen MR) is 86.9 cm³/mol. The quantitative estimate of drug-likeness (QED) is 0.774. The van der Waals surface area contributed by atoms with E-state index in [4.69, 9.17) is 0 Å². The number of likely N-dealkylation sites (tertiary alicyclic amines) is 1. The number of hydrogen-bond acceptors (Lipinski definition) is 2. The van der Waals surface area contributed by atoms with Gasteiger partial charge in [-0.15, -0.1) is 0 Å². The van der Waals surface area contributed by atoms with E-state index in [1.807, 2.05) is 0 Å². The van der Waals surface area contributed by atoms with Crippen LogP contribution in [0.1, 0.15) is 51.1 Å². The van der Waals surface area contributed by atoms with Gasteiger partial charge in [0, 0.05) is 19.1 Å². The first-order valence-electron chi connectivity index (χ1n) is 8.34. The lowest BCUT2D eigenvalue weighted by atomic mass is 10.0. The molecule has 2 heteroatoms. The third kappa shape index (κ3) is 4.60. The van der Waals surface area contributed by atoms with Crippen molar-refractivity contribution < 1.29 is 0 Å². The lowest BCUT2D eigenvalue weighted by Gasteiger charge is -2.25. The molecule has 0 aliphatic carbocycles. The van der Waals surface area contributed by atoms with Crippen molar-refractivity contribution >= 4 is 0 Å². The van der Waals surface area contributed by atoms with Crippen molar-refractivity contribution in [2.45, 2.75) is 45.6 Å². The lowest BCUT2D eigenvalue weighted by molar-refractivity contribution is 0.280. The zero-order chi connectivity index (χ0) is 14.2. The average Bonchev–Trinajstić information content (AvgIpc) is 2.92. The van der Waals surface area contributed by atoms with E-state index < -0.39 is 0 Å². The second-order valence-corrected chi connectivity index (χ2v) is 6.12. The van der Waals surface area contributed by atoms with E-state index in [1.165, 1.54) is 44.3 Å². The highest BCUT2D eigenvalue weighted by atomic mass is 15.2. The molecule has 1 N–H and O–H groups in total. The molecule has 0 spiro atoms. The predicted octanol–water partition coefficient (Wildman–Crippen LogP) is 3.85. The Bertz CT molecular complexity index is 363. The van der Waals surface area contributed by atoms with Gasteiger partial charge in [-0.1, -0.05) is 50.6 Å². The monoisotopic (exact) mass is 274 g/mol. The largest absolute Gasteiger partial charge is 0.309 e. The Kier molecular flexibility index (Phi) is 6.55. The molecular formula is C18H30N2. The van der Waals surface area contributed by atoms with Crippen LogP contribution in [0.4, 0.5) is 0 Å². The molecule has 1 heterocycles. The molecule has 1 aromatic carbocycles. The Morgan fingerprint density at radius 2 is 2.00 bits per heavy atom. The third-order valence-corrected chi connectivity index (χ3v) is 4.35. The summed E-state index contributed by atoms with van der Waals surface area (Å²) in [7, 11) is 0. The maximum Gasteiger partial charge on any atom is 0.0449 e. The van der Waals surface area contributed by atoms with E-state index >= 15 is 0 Å². The van der Waals surface area contributed by atoms with Gasteiger partial charge < -0.3 is 10.2 Å². The highest BCUT2D eigenvalue weighted by Gasteiger charge is 2.24. The van der Waals surface area contributed by atoms with Crippen molar-refractivity contribution in [1.29, 1.82) is 0 Å². The number of nitrogens with one attached hydrogen (secondary N) is 1. The standard InChI is InChI=1S/C18H30N2/c1-3-8-16-11-13-20(14-16)15-18(19-12-4-2)17-9-6-5-7-10-17/h5-7,9-10,16,18-19H,3-4,8,11-15H2,1-2H3. The Balaban J connectivity index is 1.91. The van der Waals surface area contributed by atoms with Crippen molar-refractivity contribution in [3.63, 3.8) is 0 Å². The molecule has 2 atom stereocenters. The van der Waals surface area contributed by atoms with Gasteiger partial charge in [0.2, 0.25) is 0 Å². The van der Waals surface area contributed by atoms with Crippen molar-refractivity contribution in [2.75, 3.05) is 26.2 Å². The van der Waals surface area contributed by atoms with E-state index in [-0.39, 0.29) is 0 Å². The van der Waals surface area contributed by atoms with E-state index in [1.54, 1.807) is 0 Å². The molecule has 112 valence electrons. The summed E-state index contributed by atoms with van der Waals surface area (Å²) in [5, 5.41) is 3.72. The maximum absolute atomic E-state index is 3.72. The summed E-state index contributed by atoms with van der Waals surface area (Å²) in [6, 6.07) is 11.4. The van der Waals surface area contributed by atoms with Crippen molar-refractivity contribution in [1.82, 2.24) is 10.2 Å². The molecule has 2 unspecified atom stereocenters. The molecule has 2 rings (SSSR count). The number of hydrogen-bond donors (Lipinski definition) is 1. The number of rotatable bonds is 8. The van der Waals surface area contributed by atoms with E-state index in [0.717, 1.165) is 19.0 Å². The molecule has 1 saturated heterocycles. The molecule has 0 radical (unpaired) electrons. The topological polar surface area (TPSA) is 15.3 Å². The molecule has 1 aliphatic rings. The van der Waals surface area contributed by atoms with Crippen molar-refractivity contribution in [3.05, 3.63) is 35.9 Å². The second kappa shape index (κ2) is 8.43.